The maximum absolute atomic E-state index is 5.75. The molecule has 0 atom stereocenters. The van der Waals surface area contributed by atoms with Crippen molar-refractivity contribution >= 4 is 27.3 Å². The summed E-state index contributed by atoms with van der Waals surface area (Å²) in [5, 5.41) is 0. The average molecular weight is 263 g/mol. The summed E-state index contributed by atoms with van der Waals surface area (Å²) < 4.78 is 1.06. The molecule has 0 amide bonds. The van der Waals surface area contributed by atoms with E-state index >= 15 is 0 Å². The Labute approximate surface area is 97.0 Å². The molecule has 2 rings (SSSR count). The van der Waals surface area contributed by atoms with E-state index in [1.165, 1.54) is 0 Å². The molecule has 0 unspecified atom stereocenters. The molecule has 0 heterocycles. The lowest BCUT2D eigenvalue weighted by atomic mass is 10.0. The highest BCUT2D eigenvalue weighted by Crippen LogP contribution is 2.26. The molecule has 2 aromatic rings. The molecule has 0 radical (unpaired) electrons. The second-order valence-corrected chi connectivity index (χ2v) is 4.27. The fourth-order valence-electron chi connectivity index (χ4n) is 1.40. The first-order chi connectivity index (χ1) is 7.16. The van der Waals surface area contributed by atoms with Gasteiger partial charge in [0.2, 0.25) is 0 Å². The van der Waals surface area contributed by atoms with Crippen LogP contribution in [-0.2, 0) is 0 Å². The minimum atomic E-state index is 0.621. The van der Waals surface area contributed by atoms with Gasteiger partial charge in [0, 0.05) is 4.47 Å². The number of nitrogens with two attached hydrogens (primary N) is 2. The zero-order chi connectivity index (χ0) is 10.8. The molecule has 15 heavy (non-hydrogen) atoms. The Morgan fingerprint density at radius 1 is 0.733 bits per heavy atom. The topological polar surface area (TPSA) is 52.0 Å². The number of rotatable bonds is 1. The normalized spacial score (nSPS) is 10.2. The summed E-state index contributed by atoms with van der Waals surface area (Å²) in [6.07, 6.45) is 0. The van der Waals surface area contributed by atoms with Gasteiger partial charge in [-0.15, -0.1) is 0 Å². The molecule has 0 aliphatic heterocycles. The lowest BCUT2D eigenvalue weighted by Gasteiger charge is -2.05. The Morgan fingerprint density at radius 3 is 1.93 bits per heavy atom. The number of benzene rings is 2. The lowest BCUT2D eigenvalue weighted by molar-refractivity contribution is 1.59. The number of anilines is 2. The van der Waals surface area contributed by atoms with E-state index in [1.54, 1.807) is 0 Å². The molecule has 0 aromatic heterocycles. The summed E-state index contributed by atoms with van der Waals surface area (Å²) in [5.74, 6) is 0. The first-order valence-corrected chi connectivity index (χ1v) is 5.37. The van der Waals surface area contributed by atoms with Crippen LogP contribution in [0.25, 0.3) is 11.1 Å². The molecule has 2 aromatic carbocycles. The Kier molecular flexibility index (Phi) is 2.64. The minimum Gasteiger partial charge on any atom is -0.397 e. The number of nitrogen functional groups attached to an aromatic ring is 2. The number of hydrogen-bond acceptors (Lipinski definition) is 2. The van der Waals surface area contributed by atoms with Gasteiger partial charge in [-0.25, -0.2) is 0 Å². The van der Waals surface area contributed by atoms with Crippen molar-refractivity contribution < 1.29 is 0 Å². The average Bonchev–Trinajstić information content (AvgIpc) is 2.23. The van der Waals surface area contributed by atoms with Crippen LogP contribution in [0.15, 0.2) is 46.9 Å². The second-order valence-electron chi connectivity index (χ2n) is 3.35. The third-order valence-electron chi connectivity index (χ3n) is 2.26. The van der Waals surface area contributed by atoms with Crippen LogP contribution in [-0.4, -0.2) is 0 Å². The van der Waals surface area contributed by atoms with Crippen molar-refractivity contribution in [1.29, 1.82) is 0 Å². The number of halogens is 1. The van der Waals surface area contributed by atoms with Crippen LogP contribution in [0.5, 0.6) is 0 Å². The standard InChI is InChI=1S/C12H11BrN2/c13-10-4-1-8(2-5-10)9-3-6-11(14)12(15)7-9/h1-7H,14-15H2. The van der Waals surface area contributed by atoms with E-state index in [0.717, 1.165) is 15.6 Å². The summed E-state index contributed by atoms with van der Waals surface area (Å²) in [6, 6.07) is 13.8. The quantitative estimate of drug-likeness (QED) is 0.776. The molecule has 2 nitrogen and oxygen atoms in total. The summed E-state index contributed by atoms with van der Waals surface area (Å²) >= 11 is 3.40. The highest BCUT2D eigenvalue weighted by atomic mass is 79.9. The van der Waals surface area contributed by atoms with Crippen molar-refractivity contribution in [2.24, 2.45) is 0 Å². The first kappa shape index (κ1) is 10.1. The molecule has 0 spiro atoms. The van der Waals surface area contributed by atoms with Gasteiger partial charge in [-0.05, 0) is 35.4 Å². The van der Waals surface area contributed by atoms with E-state index in [1.807, 2.05) is 42.5 Å². The first-order valence-electron chi connectivity index (χ1n) is 4.58. The third-order valence-corrected chi connectivity index (χ3v) is 2.79. The monoisotopic (exact) mass is 262 g/mol. The summed E-state index contributed by atoms with van der Waals surface area (Å²) in [4.78, 5) is 0. The van der Waals surface area contributed by atoms with Gasteiger partial charge in [-0.1, -0.05) is 34.1 Å². The van der Waals surface area contributed by atoms with Gasteiger partial charge < -0.3 is 11.5 Å². The summed E-state index contributed by atoms with van der Waals surface area (Å²) in [6.45, 7) is 0. The van der Waals surface area contributed by atoms with Crippen LogP contribution in [0.4, 0.5) is 11.4 Å². The minimum absolute atomic E-state index is 0.621. The molecule has 4 N–H and O–H groups in total. The van der Waals surface area contributed by atoms with Gasteiger partial charge in [0.1, 0.15) is 0 Å². The van der Waals surface area contributed by atoms with Gasteiger partial charge >= 0.3 is 0 Å². The van der Waals surface area contributed by atoms with Crippen molar-refractivity contribution in [3.63, 3.8) is 0 Å². The second kappa shape index (κ2) is 3.95. The van der Waals surface area contributed by atoms with Gasteiger partial charge in [0.15, 0.2) is 0 Å². The third kappa shape index (κ3) is 2.13. The van der Waals surface area contributed by atoms with Crippen LogP contribution in [0.1, 0.15) is 0 Å². The van der Waals surface area contributed by atoms with Crippen LogP contribution in [0.3, 0.4) is 0 Å². The summed E-state index contributed by atoms with van der Waals surface area (Å²) in [5.41, 5.74) is 14.9. The van der Waals surface area contributed by atoms with Crippen LogP contribution >= 0.6 is 15.9 Å². The van der Waals surface area contributed by atoms with Crippen molar-refractivity contribution in [1.82, 2.24) is 0 Å². The highest BCUT2D eigenvalue weighted by molar-refractivity contribution is 9.10. The van der Waals surface area contributed by atoms with Crippen LogP contribution in [0, 0.1) is 0 Å². The highest BCUT2D eigenvalue weighted by Gasteiger charge is 2.00. The van der Waals surface area contributed by atoms with Crippen molar-refractivity contribution in [2.75, 3.05) is 11.5 Å². The van der Waals surface area contributed by atoms with Gasteiger partial charge in [0.25, 0.3) is 0 Å². The van der Waals surface area contributed by atoms with E-state index in [4.69, 9.17) is 11.5 Å². The lowest BCUT2D eigenvalue weighted by Crippen LogP contribution is -1.94. The molecule has 0 aliphatic rings. The zero-order valence-corrected chi connectivity index (χ0v) is 9.66. The van der Waals surface area contributed by atoms with Gasteiger partial charge in [0.05, 0.1) is 11.4 Å². The predicted octanol–water partition coefficient (Wildman–Crippen LogP) is 3.28. The van der Waals surface area contributed by atoms with E-state index < -0.39 is 0 Å². The molecular weight excluding hydrogens is 252 g/mol. The van der Waals surface area contributed by atoms with Gasteiger partial charge in [-0.3, -0.25) is 0 Å². The number of hydrogen-bond donors (Lipinski definition) is 2. The largest absolute Gasteiger partial charge is 0.397 e. The Morgan fingerprint density at radius 2 is 1.33 bits per heavy atom. The predicted molar refractivity (Wildman–Crippen MR) is 68.4 cm³/mol. The van der Waals surface area contributed by atoms with E-state index in [2.05, 4.69) is 15.9 Å². The molecule has 0 aliphatic carbocycles. The molecule has 0 bridgehead atoms. The van der Waals surface area contributed by atoms with Crippen molar-refractivity contribution in [3.8, 4) is 11.1 Å². The smallest absolute Gasteiger partial charge is 0.0554 e. The fourth-order valence-corrected chi connectivity index (χ4v) is 1.66. The van der Waals surface area contributed by atoms with Gasteiger partial charge in [-0.2, -0.15) is 0 Å². The molecule has 0 saturated heterocycles. The molecular formula is C12H11BrN2. The molecule has 76 valence electrons. The summed E-state index contributed by atoms with van der Waals surface area (Å²) in [7, 11) is 0. The van der Waals surface area contributed by atoms with Crippen LogP contribution < -0.4 is 11.5 Å². The van der Waals surface area contributed by atoms with Crippen molar-refractivity contribution in [2.45, 2.75) is 0 Å². The maximum atomic E-state index is 5.75. The molecule has 3 heteroatoms. The maximum Gasteiger partial charge on any atom is 0.0554 e. The van der Waals surface area contributed by atoms with E-state index in [9.17, 15) is 0 Å². The van der Waals surface area contributed by atoms with E-state index in [0.29, 0.717) is 11.4 Å². The Bertz CT molecular complexity index is 477. The Balaban J connectivity index is 2.45. The van der Waals surface area contributed by atoms with Crippen LogP contribution in [0.2, 0.25) is 0 Å². The molecule has 0 saturated carbocycles. The zero-order valence-electron chi connectivity index (χ0n) is 8.07. The fraction of sp³-hybridized carbons (Fsp3) is 0. The van der Waals surface area contributed by atoms with Crippen molar-refractivity contribution in [3.05, 3.63) is 46.9 Å². The SMILES string of the molecule is Nc1ccc(-c2ccc(Br)cc2)cc1N. The molecule has 0 fully saturated rings. The Hall–Kier alpha value is -1.48. The van der Waals surface area contributed by atoms with E-state index in [-0.39, 0.29) is 0 Å².